The Hall–Kier alpha value is -4.61. The average Bonchev–Trinajstić information content (AvgIpc) is 3.67. The molecule has 2 fully saturated rings. The van der Waals surface area contributed by atoms with Crippen LogP contribution in [-0.4, -0.2) is 118 Å². The summed E-state index contributed by atoms with van der Waals surface area (Å²) < 4.78 is 10.2. The first-order chi connectivity index (χ1) is 22.4. The molecule has 2 saturated heterocycles. The Morgan fingerprint density at radius 2 is 1.96 bits per heavy atom. The number of fused-ring (bicyclic) bond motifs is 2. The molecule has 238 valence electrons. The van der Waals surface area contributed by atoms with Crippen LogP contribution in [0.5, 0.6) is 5.75 Å². The zero-order valence-electron chi connectivity index (χ0n) is 26.8. The van der Waals surface area contributed by atoms with Gasteiger partial charge in [0.15, 0.2) is 11.9 Å². The summed E-state index contributed by atoms with van der Waals surface area (Å²) in [6.07, 6.45) is 17.1. The van der Waals surface area contributed by atoms with Crippen LogP contribution in [0.3, 0.4) is 0 Å². The number of carbonyl (C=O) groups is 1. The van der Waals surface area contributed by atoms with E-state index >= 15 is 0 Å². The molecule has 1 N–H and O–H groups in total. The van der Waals surface area contributed by atoms with E-state index in [1.165, 1.54) is 5.56 Å². The first kappa shape index (κ1) is 30.1. The predicted molar refractivity (Wildman–Crippen MR) is 180 cm³/mol. The molecule has 7 rings (SSSR count). The molecule has 2 aromatic heterocycles. The van der Waals surface area contributed by atoms with Gasteiger partial charge in [0.05, 0.1) is 7.05 Å². The number of piperidine rings is 1. The van der Waals surface area contributed by atoms with Crippen molar-refractivity contribution in [2.24, 2.45) is 4.99 Å². The third-order valence-electron chi connectivity index (χ3n) is 9.48. The molecule has 4 aliphatic rings. The first-order valence-corrected chi connectivity index (χ1v) is 16.2. The second kappa shape index (κ2) is 13.0. The summed E-state index contributed by atoms with van der Waals surface area (Å²) in [6, 6.07) is 8.39. The second-order valence-electron chi connectivity index (χ2n) is 12.7. The summed E-state index contributed by atoms with van der Waals surface area (Å²) in [7, 11) is 4.18. The van der Waals surface area contributed by atoms with Gasteiger partial charge in [0, 0.05) is 69.8 Å². The lowest BCUT2D eigenvalue weighted by atomic mass is 9.90. The summed E-state index contributed by atoms with van der Waals surface area (Å²) >= 11 is 0. The average molecular weight is 621 g/mol. The van der Waals surface area contributed by atoms with E-state index in [0.29, 0.717) is 5.92 Å². The van der Waals surface area contributed by atoms with E-state index in [0.717, 1.165) is 98.5 Å². The fraction of sp³-hybridized carbons (Fsp3) is 0.400. The SMILES string of the molecule is Cc1cc(Nc2ncnn3ccc(C4CCN(C(=O)/C=C/CN5CCN(C)CC5)CC4)c23)ccc1OC1=CC2=NC=[N+](C)C2C=C1. The fourth-order valence-corrected chi connectivity index (χ4v) is 6.67. The minimum Gasteiger partial charge on any atom is -0.457 e. The number of likely N-dealkylation sites (N-methyl/N-ethyl adjacent to an activating group) is 2. The minimum atomic E-state index is 0.112. The van der Waals surface area contributed by atoms with Crippen molar-refractivity contribution in [3.63, 3.8) is 0 Å². The topological polar surface area (TPSA) is 93.6 Å². The third kappa shape index (κ3) is 6.38. The number of nitrogens with one attached hydrogen (secondary N) is 1. The normalized spacial score (nSPS) is 21.0. The molecule has 0 spiro atoms. The number of rotatable bonds is 8. The zero-order valence-corrected chi connectivity index (χ0v) is 26.8. The number of likely N-dealkylation sites (tertiary alicyclic amines) is 1. The van der Waals surface area contributed by atoms with Crippen molar-refractivity contribution in [1.29, 1.82) is 0 Å². The number of amides is 1. The number of aryl methyl sites for hydroxylation is 1. The maximum atomic E-state index is 12.9. The van der Waals surface area contributed by atoms with Gasteiger partial charge in [-0.1, -0.05) is 6.08 Å². The highest BCUT2D eigenvalue weighted by Gasteiger charge is 2.29. The summed E-state index contributed by atoms with van der Waals surface area (Å²) in [5.41, 5.74) is 5.10. The van der Waals surface area contributed by atoms with E-state index in [-0.39, 0.29) is 11.9 Å². The highest BCUT2D eigenvalue weighted by molar-refractivity contribution is 6.06. The van der Waals surface area contributed by atoms with Crippen molar-refractivity contribution in [2.75, 3.05) is 65.2 Å². The van der Waals surface area contributed by atoms with E-state index in [1.54, 1.807) is 12.4 Å². The molecule has 5 heterocycles. The van der Waals surface area contributed by atoms with Crippen LogP contribution in [0.25, 0.3) is 5.52 Å². The standard InChI is InChI=1S/C35H42N9O2/c1-25-21-27(6-9-32(25)46-28-7-8-31-30(22-28)37-24-41(31)3)39-35-34-29(12-16-44(34)38-23-36-35)26-10-14-43(15-11-26)33(45)5-4-13-42-19-17-40(2)18-20-42/h4-9,12,16,21-24,26,31H,10-11,13-15,17-20H2,1-3H3,(H,36,38,39)/q+1/b5-4+. The van der Waals surface area contributed by atoms with Crippen molar-refractivity contribution < 1.29 is 14.1 Å². The van der Waals surface area contributed by atoms with E-state index < -0.39 is 0 Å². The Balaban J connectivity index is 0.985. The van der Waals surface area contributed by atoms with Gasteiger partial charge in [0.25, 0.3) is 6.34 Å². The van der Waals surface area contributed by atoms with E-state index in [9.17, 15) is 4.79 Å². The first-order valence-electron chi connectivity index (χ1n) is 16.2. The molecule has 1 amide bonds. The van der Waals surface area contributed by atoms with Gasteiger partial charge >= 0.3 is 0 Å². The fourth-order valence-electron chi connectivity index (χ4n) is 6.67. The Labute approximate surface area is 269 Å². The van der Waals surface area contributed by atoms with Gasteiger partial charge in [-0.3, -0.25) is 14.3 Å². The number of anilines is 2. The number of carbonyl (C=O) groups excluding carboxylic acids is 1. The number of hydrogen-bond acceptors (Lipinski definition) is 8. The maximum Gasteiger partial charge on any atom is 0.282 e. The van der Waals surface area contributed by atoms with Gasteiger partial charge in [-0.05, 0) is 85.3 Å². The summed E-state index contributed by atoms with van der Waals surface area (Å²) in [6.45, 7) is 8.63. The van der Waals surface area contributed by atoms with Crippen molar-refractivity contribution in [2.45, 2.75) is 31.7 Å². The van der Waals surface area contributed by atoms with Crippen LogP contribution in [0.4, 0.5) is 11.5 Å². The van der Waals surface area contributed by atoms with Crippen molar-refractivity contribution in [3.8, 4) is 5.75 Å². The Bertz CT molecular complexity index is 1770. The molecule has 1 unspecified atom stereocenters. The molecular weight excluding hydrogens is 578 g/mol. The number of aliphatic imine (C=N–C) groups is 1. The molecule has 11 heteroatoms. The molecule has 11 nitrogen and oxygen atoms in total. The number of benzene rings is 1. The summed E-state index contributed by atoms with van der Waals surface area (Å²) in [5.74, 6) is 2.76. The van der Waals surface area contributed by atoms with Gasteiger partial charge in [-0.25, -0.2) is 9.50 Å². The molecule has 3 aromatic rings. The lowest BCUT2D eigenvalue weighted by molar-refractivity contribution is -0.499. The van der Waals surface area contributed by atoms with Crippen LogP contribution in [0, 0.1) is 6.92 Å². The van der Waals surface area contributed by atoms with E-state index in [4.69, 9.17) is 4.74 Å². The van der Waals surface area contributed by atoms with E-state index in [1.807, 2.05) is 66.3 Å². The molecular formula is C35H42N9O2+. The maximum absolute atomic E-state index is 12.9. The summed E-state index contributed by atoms with van der Waals surface area (Å²) in [5, 5.41) is 8.01. The largest absolute Gasteiger partial charge is 0.457 e. The van der Waals surface area contributed by atoms with Gasteiger partial charge in [0.1, 0.15) is 23.4 Å². The van der Waals surface area contributed by atoms with Gasteiger partial charge in [-0.15, -0.1) is 0 Å². The molecule has 1 aliphatic carbocycles. The predicted octanol–water partition coefficient (Wildman–Crippen LogP) is 3.62. The van der Waals surface area contributed by atoms with Crippen LogP contribution >= 0.6 is 0 Å². The quantitative estimate of drug-likeness (QED) is 0.304. The minimum absolute atomic E-state index is 0.112. The molecule has 3 aliphatic heterocycles. The van der Waals surface area contributed by atoms with Crippen LogP contribution in [-0.2, 0) is 4.79 Å². The highest BCUT2D eigenvalue weighted by Crippen LogP contribution is 2.35. The Kier molecular flexibility index (Phi) is 8.51. The lowest BCUT2D eigenvalue weighted by Crippen LogP contribution is -2.44. The smallest absolute Gasteiger partial charge is 0.282 e. The zero-order chi connectivity index (χ0) is 31.6. The monoisotopic (exact) mass is 620 g/mol. The van der Waals surface area contributed by atoms with Crippen LogP contribution in [0.2, 0.25) is 0 Å². The van der Waals surface area contributed by atoms with E-state index in [2.05, 4.69) is 60.0 Å². The Morgan fingerprint density at radius 3 is 2.76 bits per heavy atom. The Morgan fingerprint density at radius 1 is 1.13 bits per heavy atom. The van der Waals surface area contributed by atoms with Crippen molar-refractivity contribution >= 4 is 35.0 Å². The molecule has 0 radical (unpaired) electrons. The highest BCUT2D eigenvalue weighted by atomic mass is 16.5. The third-order valence-corrected chi connectivity index (χ3v) is 9.48. The molecule has 46 heavy (non-hydrogen) atoms. The molecule has 0 bridgehead atoms. The van der Waals surface area contributed by atoms with Gasteiger partial charge in [0.2, 0.25) is 11.6 Å². The van der Waals surface area contributed by atoms with Crippen LogP contribution in [0.15, 0.2) is 77.9 Å². The molecule has 1 atom stereocenters. The van der Waals surface area contributed by atoms with Crippen LogP contribution < -0.4 is 10.1 Å². The number of ether oxygens (including phenoxy) is 1. The van der Waals surface area contributed by atoms with Crippen molar-refractivity contribution in [1.82, 2.24) is 29.3 Å². The van der Waals surface area contributed by atoms with Gasteiger partial charge in [-0.2, -0.15) is 5.10 Å². The number of allylic oxidation sites excluding steroid dienone is 1. The lowest BCUT2D eigenvalue weighted by Gasteiger charge is -2.32. The number of nitrogens with zero attached hydrogens (tertiary/aromatic N) is 8. The molecule has 1 aromatic carbocycles. The molecule has 0 saturated carbocycles. The van der Waals surface area contributed by atoms with Crippen molar-refractivity contribution in [3.05, 3.63) is 84.1 Å². The number of hydrogen-bond donors (Lipinski definition) is 1. The number of piperazine rings is 1. The second-order valence-corrected chi connectivity index (χ2v) is 12.7. The number of aromatic nitrogens is 3. The summed E-state index contributed by atoms with van der Waals surface area (Å²) in [4.78, 5) is 28.8. The van der Waals surface area contributed by atoms with Gasteiger partial charge < -0.3 is 19.9 Å². The van der Waals surface area contributed by atoms with Crippen LogP contribution in [0.1, 0.15) is 29.9 Å².